The van der Waals surface area contributed by atoms with Crippen molar-refractivity contribution in [3.8, 4) is 0 Å². The Morgan fingerprint density at radius 2 is 1.95 bits per heavy atom. The Kier molecular flexibility index (Phi) is 3.65. The molecule has 0 aliphatic carbocycles. The largest absolute Gasteiger partial charge is 0.309 e. The smallest absolute Gasteiger partial charge is 0.269 e. The topological polar surface area (TPSA) is 76.9 Å². The van der Waals surface area contributed by atoms with Crippen LogP contribution < -0.4 is 10.9 Å². The Bertz CT molecular complexity index is 885. The number of fused-ring (bicyclic) bond motifs is 1. The maximum absolute atomic E-state index is 12.1. The second kappa shape index (κ2) is 5.77. The third-order valence-electron chi connectivity index (χ3n) is 3.23. The average Bonchev–Trinajstić information content (AvgIpc) is 2.52. The maximum Gasteiger partial charge on any atom is 0.269 e. The Hall–Kier alpha value is -3.02. The number of pyridine rings is 1. The molecule has 2 heterocycles. The molecule has 0 aliphatic rings. The summed E-state index contributed by atoms with van der Waals surface area (Å²) in [6, 6.07) is 10.8. The van der Waals surface area contributed by atoms with E-state index in [-0.39, 0.29) is 18.0 Å². The number of benzene rings is 1. The van der Waals surface area contributed by atoms with Crippen molar-refractivity contribution in [3.63, 3.8) is 0 Å². The van der Waals surface area contributed by atoms with Gasteiger partial charge in [-0.1, -0.05) is 18.2 Å². The summed E-state index contributed by atoms with van der Waals surface area (Å²) in [4.78, 5) is 32.3. The minimum absolute atomic E-state index is 0.0859. The van der Waals surface area contributed by atoms with Gasteiger partial charge in [0.25, 0.3) is 5.56 Å². The first kappa shape index (κ1) is 13.9. The summed E-state index contributed by atoms with van der Waals surface area (Å²) < 4.78 is 1.39. The lowest BCUT2D eigenvalue weighted by atomic mass is 10.3. The monoisotopic (exact) mass is 294 g/mol. The number of anilines is 1. The number of aromatic nitrogens is 3. The van der Waals surface area contributed by atoms with Crippen LogP contribution >= 0.6 is 0 Å². The second-order valence-electron chi connectivity index (χ2n) is 4.94. The van der Waals surface area contributed by atoms with Crippen LogP contribution in [0, 0.1) is 6.92 Å². The Balaban J connectivity index is 1.86. The highest BCUT2D eigenvalue weighted by molar-refractivity contribution is 5.90. The lowest BCUT2D eigenvalue weighted by Gasteiger charge is -2.09. The van der Waals surface area contributed by atoms with E-state index in [0.29, 0.717) is 16.9 Å². The molecule has 0 atom stereocenters. The van der Waals surface area contributed by atoms with E-state index in [0.717, 1.165) is 5.56 Å². The first-order valence-corrected chi connectivity index (χ1v) is 6.80. The van der Waals surface area contributed by atoms with Gasteiger partial charge in [-0.3, -0.25) is 14.2 Å². The van der Waals surface area contributed by atoms with Gasteiger partial charge < -0.3 is 5.32 Å². The van der Waals surface area contributed by atoms with Gasteiger partial charge in [0, 0.05) is 6.20 Å². The molecule has 110 valence electrons. The maximum atomic E-state index is 12.1. The summed E-state index contributed by atoms with van der Waals surface area (Å²) in [6.07, 6.45) is 2.89. The van der Waals surface area contributed by atoms with Gasteiger partial charge in [0.2, 0.25) is 5.91 Å². The molecular weight excluding hydrogens is 280 g/mol. The molecule has 0 bridgehead atoms. The van der Waals surface area contributed by atoms with Crippen molar-refractivity contribution in [1.82, 2.24) is 14.5 Å². The lowest BCUT2D eigenvalue weighted by molar-refractivity contribution is -0.116. The molecule has 0 saturated carbocycles. The molecule has 0 unspecified atom stereocenters. The molecule has 0 aliphatic heterocycles. The number of hydrogen-bond acceptors (Lipinski definition) is 4. The fraction of sp³-hybridized carbons (Fsp3) is 0.125. The standard InChI is InChI=1S/C16H14N4O2/c1-11-6-7-14(18-8-11)19-15(21)10-20-13-5-3-2-4-12(13)17-9-16(20)22/h2-9H,10H2,1H3,(H,18,19,21). The fourth-order valence-corrected chi connectivity index (χ4v) is 2.15. The van der Waals surface area contributed by atoms with Crippen LogP contribution in [0.15, 0.2) is 53.6 Å². The number of hydrogen-bond donors (Lipinski definition) is 1. The minimum atomic E-state index is -0.314. The van der Waals surface area contributed by atoms with Crippen LogP contribution in [0.4, 0.5) is 5.82 Å². The van der Waals surface area contributed by atoms with E-state index in [1.54, 1.807) is 30.5 Å². The van der Waals surface area contributed by atoms with Gasteiger partial charge in [-0.05, 0) is 30.7 Å². The van der Waals surface area contributed by atoms with Gasteiger partial charge in [0.1, 0.15) is 12.4 Å². The summed E-state index contributed by atoms with van der Waals surface area (Å²) in [7, 11) is 0. The van der Waals surface area contributed by atoms with E-state index < -0.39 is 0 Å². The van der Waals surface area contributed by atoms with Crippen molar-refractivity contribution in [2.45, 2.75) is 13.5 Å². The van der Waals surface area contributed by atoms with E-state index in [1.165, 1.54) is 10.8 Å². The zero-order valence-corrected chi connectivity index (χ0v) is 12.0. The Morgan fingerprint density at radius 3 is 2.73 bits per heavy atom. The van der Waals surface area contributed by atoms with Crippen molar-refractivity contribution in [1.29, 1.82) is 0 Å². The van der Waals surface area contributed by atoms with Crippen molar-refractivity contribution >= 4 is 22.8 Å². The van der Waals surface area contributed by atoms with E-state index >= 15 is 0 Å². The van der Waals surface area contributed by atoms with E-state index in [4.69, 9.17) is 0 Å². The Morgan fingerprint density at radius 1 is 1.14 bits per heavy atom. The molecule has 6 nitrogen and oxygen atoms in total. The van der Waals surface area contributed by atoms with E-state index in [9.17, 15) is 9.59 Å². The zero-order valence-electron chi connectivity index (χ0n) is 12.0. The highest BCUT2D eigenvalue weighted by Crippen LogP contribution is 2.09. The summed E-state index contributed by atoms with van der Waals surface area (Å²) in [6.45, 7) is 1.83. The van der Waals surface area contributed by atoms with Gasteiger partial charge in [0.05, 0.1) is 17.2 Å². The van der Waals surface area contributed by atoms with Crippen LogP contribution in [0.2, 0.25) is 0 Å². The van der Waals surface area contributed by atoms with Crippen molar-refractivity contribution in [3.05, 3.63) is 64.7 Å². The molecule has 0 fully saturated rings. The van der Waals surface area contributed by atoms with Gasteiger partial charge in [-0.15, -0.1) is 0 Å². The van der Waals surface area contributed by atoms with Crippen molar-refractivity contribution in [2.75, 3.05) is 5.32 Å². The molecule has 3 aromatic rings. The number of aryl methyl sites for hydroxylation is 1. The molecular formula is C16H14N4O2. The Labute approximate surface area is 126 Å². The van der Waals surface area contributed by atoms with E-state index in [2.05, 4.69) is 15.3 Å². The molecule has 2 aromatic heterocycles. The summed E-state index contributed by atoms with van der Waals surface area (Å²) in [5.74, 6) is 0.150. The van der Waals surface area contributed by atoms with Crippen LogP contribution in [0.3, 0.4) is 0 Å². The molecule has 1 amide bonds. The number of nitrogens with one attached hydrogen (secondary N) is 1. The number of para-hydroxylation sites is 2. The van der Waals surface area contributed by atoms with E-state index in [1.807, 2.05) is 19.1 Å². The van der Waals surface area contributed by atoms with Crippen LogP contribution in [0.25, 0.3) is 11.0 Å². The predicted octanol–water partition coefficient (Wildman–Crippen LogP) is 1.74. The minimum Gasteiger partial charge on any atom is -0.309 e. The predicted molar refractivity (Wildman–Crippen MR) is 83.6 cm³/mol. The SMILES string of the molecule is Cc1ccc(NC(=O)Cn2c(=O)cnc3ccccc32)nc1. The van der Waals surface area contributed by atoms with Gasteiger partial charge >= 0.3 is 0 Å². The molecule has 0 radical (unpaired) electrons. The first-order chi connectivity index (χ1) is 10.6. The summed E-state index contributed by atoms with van der Waals surface area (Å²) >= 11 is 0. The molecule has 6 heteroatoms. The average molecular weight is 294 g/mol. The third kappa shape index (κ3) is 2.85. The number of rotatable bonds is 3. The molecule has 0 saturated heterocycles. The quantitative estimate of drug-likeness (QED) is 0.798. The molecule has 1 N–H and O–H groups in total. The van der Waals surface area contributed by atoms with Crippen LogP contribution in [0.1, 0.15) is 5.56 Å². The van der Waals surface area contributed by atoms with Crippen LogP contribution in [-0.2, 0) is 11.3 Å². The second-order valence-corrected chi connectivity index (χ2v) is 4.94. The molecule has 3 rings (SSSR count). The molecule has 1 aromatic carbocycles. The van der Waals surface area contributed by atoms with Crippen LogP contribution in [-0.4, -0.2) is 20.4 Å². The van der Waals surface area contributed by atoms with Crippen molar-refractivity contribution < 1.29 is 4.79 Å². The highest BCUT2D eigenvalue weighted by Gasteiger charge is 2.09. The number of nitrogens with zero attached hydrogens (tertiary/aromatic N) is 3. The lowest BCUT2D eigenvalue weighted by Crippen LogP contribution is -2.28. The zero-order chi connectivity index (χ0) is 15.5. The molecule has 22 heavy (non-hydrogen) atoms. The third-order valence-corrected chi connectivity index (χ3v) is 3.23. The normalized spacial score (nSPS) is 10.6. The van der Waals surface area contributed by atoms with Gasteiger partial charge in [-0.2, -0.15) is 0 Å². The summed E-state index contributed by atoms with van der Waals surface area (Å²) in [5, 5.41) is 2.68. The highest BCUT2D eigenvalue weighted by atomic mass is 16.2. The van der Waals surface area contributed by atoms with Gasteiger partial charge in [0.15, 0.2) is 0 Å². The first-order valence-electron chi connectivity index (χ1n) is 6.80. The fourth-order valence-electron chi connectivity index (χ4n) is 2.15. The van der Waals surface area contributed by atoms with Gasteiger partial charge in [-0.25, -0.2) is 9.97 Å². The number of amides is 1. The number of carbonyl (C=O) groups is 1. The number of carbonyl (C=O) groups excluding carboxylic acids is 1. The summed E-state index contributed by atoms with van der Waals surface area (Å²) in [5.41, 5.74) is 1.99. The molecule has 0 spiro atoms. The van der Waals surface area contributed by atoms with Crippen LogP contribution in [0.5, 0.6) is 0 Å². The van der Waals surface area contributed by atoms with Crippen molar-refractivity contribution in [2.24, 2.45) is 0 Å².